The van der Waals surface area contributed by atoms with Crippen LogP contribution in [0.1, 0.15) is 24.3 Å². The van der Waals surface area contributed by atoms with Crippen molar-refractivity contribution in [2.24, 2.45) is 0 Å². The summed E-state index contributed by atoms with van der Waals surface area (Å²) >= 11 is 0. The number of aryl methyl sites for hydroxylation is 1. The largest absolute Gasteiger partial charge is 0.422 e. The third-order valence-electron chi connectivity index (χ3n) is 3.44. The van der Waals surface area contributed by atoms with Crippen LogP contribution in [0.3, 0.4) is 0 Å². The van der Waals surface area contributed by atoms with Crippen molar-refractivity contribution < 1.29 is 23.6 Å². The summed E-state index contributed by atoms with van der Waals surface area (Å²) in [6.07, 6.45) is 3.22. The van der Waals surface area contributed by atoms with Crippen molar-refractivity contribution in [2.45, 2.75) is 25.7 Å². The number of carbonyl (C=O) groups is 2. The number of esters is 2. The lowest BCUT2D eigenvalue weighted by atomic mass is 9.99. The Morgan fingerprint density at radius 3 is 2.65 bits per heavy atom. The van der Waals surface area contributed by atoms with Gasteiger partial charge in [-0.05, 0) is 32.9 Å². The van der Waals surface area contributed by atoms with Crippen molar-refractivity contribution in [3.63, 3.8) is 0 Å². The third kappa shape index (κ3) is 1.90. The first-order chi connectivity index (χ1) is 9.51. The van der Waals surface area contributed by atoms with Crippen LogP contribution < -0.4 is 0 Å². The van der Waals surface area contributed by atoms with Crippen LogP contribution in [-0.2, 0) is 19.1 Å². The highest BCUT2D eigenvalue weighted by molar-refractivity contribution is 6.31. The number of carbonyl (C=O) groups excluding carboxylic acids is 2. The molecule has 0 N–H and O–H groups in total. The van der Waals surface area contributed by atoms with Crippen LogP contribution in [0.5, 0.6) is 0 Å². The van der Waals surface area contributed by atoms with E-state index in [9.17, 15) is 9.59 Å². The van der Waals surface area contributed by atoms with Gasteiger partial charge < -0.3 is 14.0 Å². The second kappa shape index (κ2) is 4.45. The number of hydrogen-bond donors (Lipinski definition) is 0. The first-order valence-corrected chi connectivity index (χ1v) is 6.33. The molecule has 0 aliphatic carbocycles. The van der Waals surface area contributed by atoms with Crippen LogP contribution in [0.15, 0.2) is 16.2 Å². The molecule has 3 heterocycles. The molecule has 0 unspecified atom stereocenters. The number of likely N-dealkylation sites (tertiary alicyclic amines) is 1. The van der Waals surface area contributed by atoms with Gasteiger partial charge in [0.05, 0.1) is 5.69 Å². The van der Waals surface area contributed by atoms with Crippen molar-refractivity contribution in [1.29, 1.82) is 0 Å². The molecule has 1 spiro atoms. The van der Waals surface area contributed by atoms with Crippen molar-refractivity contribution in [2.75, 3.05) is 13.6 Å². The molecule has 2 fully saturated rings. The number of nitrogens with zero attached hydrogens (tertiary/aromatic N) is 2. The molecule has 0 aromatic carbocycles. The Hall–Kier alpha value is -2.15. The van der Waals surface area contributed by atoms with Gasteiger partial charge >= 0.3 is 17.8 Å². The summed E-state index contributed by atoms with van der Waals surface area (Å²) in [5.41, 5.74) is 1.41. The summed E-state index contributed by atoms with van der Waals surface area (Å²) < 4.78 is 15.5. The Morgan fingerprint density at radius 2 is 2.05 bits per heavy atom. The van der Waals surface area contributed by atoms with E-state index in [1.165, 1.54) is 0 Å². The summed E-state index contributed by atoms with van der Waals surface area (Å²) in [5.74, 6) is -2.85. The molecular formula is C13H14N2O5. The summed E-state index contributed by atoms with van der Waals surface area (Å²) in [4.78, 5) is 24.5. The normalized spacial score (nSPS) is 24.2. The number of hydrogen-bond acceptors (Lipinski definition) is 7. The van der Waals surface area contributed by atoms with Gasteiger partial charge in [0, 0.05) is 18.2 Å². The molecule has 7 nitrogen and oxygen atoms in total. The fraction of sp³-hybridized carbons (Fsp3) is 0.462. The average molecular weight is 278 g/mol. The van der Waals surface area contributed by atoms with Crippen molar-refractivity contribution in [3.8, 4) is 0 Å². The Labute approximate surface area is 115 Å². The van der Waals surface area contributed by atoms with Crippen molar-refractivity contribution in [1.82, 2.24) is 10.1 Å². The Balaban J connectivity index is 2.01. The second-order valence-corrected chi connectivity index (χ2v) is 4.93. The zero-order chi connectivity index (χ0) is 14.3. The van der Waals surface area contributed by atoms with E-state index in [1.54, 1.807) is 24.1 Å². The van der Waals surface area contributed by atoms with Crippen LogP contribution in [0.2, 0.25) is 0 Å². The van der Waals surface area contributed by atoms with Gasteiger partial charge in [0.1, 0.15) is 0 Å². The minimum atomic E-state index is -1.44. The van der Waals surface area contributed by atoms with Gasteiger partial charge in [0.15, 0.2) is 5.76 Å². The Bertz CT molecular complexity index is 588. The Kier molecular flexibility index (Phi) is 2.86. The smallest absolute Gasteiger partial charge is 0.396 e. The zero-order valence-corrected chi connectivity index (χ0v) is 11.2. The van der Waals surface area contributed by atoms with Crippen LogP contribution in [0.4, 0.5) is 0 Å². The maximum Gasteiger partial charge on any atom is 0.422 e. The third-order valence-corrected chi connectivity index (χ3v) is 3.44. The van der Waals surface area contributed by atoms with Crippen LogP contribution in [0.25, 0.3) is 6.08 Å². The molecule has 1 aromatic heterocycles. The lowest BCUT2D eigenvalue weighted by molar-refractivity contribution is -0.227. The maximum absolute atomic E-state index is 11.4. The Morgan fingerprint density at radius 1 is 1.35 bits per heavy atom. The molecule has 2 aliphatic heterocycles. The average Bonchev–Trinajstić information content (AvgIpc) is 2.92. The molecule has 0 atom stereocenters. The number of likely N-dealkylation sites (N-methyl/N-ethyl adjacent to an activating group) is 1. The van der Waals surface area contributed by atoms with Gasteiger partial charge in [-0.2, -0.15) is 0 Å². The van der Waals surface area contributed by atoms with Gasteiger partial charge in [-0.15, -0.1) is 0 Å². The maximum atomic E-state index is 11.4. The van der Waals surface area contributed by atoms with Gasteiger partial charge in [-0.25, -0.2) is 14.5 Å². The summed E-state index contributed by atoms with van der Waals surface area (Å²) in [7, 11) is 1.74. The van der Waals surface area contributed by atoms with Crippen molar-refractivity contribution in [3.05, 3.63) is 23.1 Å². The molecule has 2 aliphatic rings. The van der Waals surface area contributed by atoms with Crippen molar-refractivity contribution >= 4 is 18.0 Å². The fourth-order valence-electron chi connectivity index (χ4n) is 2.49. The zero-order valence-electron chi connectivity index (χ0n) is 11.2. The highest BCUT2D eigenvalue weighted by Crippen LogP contribution is 2.39. The lowest BCUT2D eigenvalue weighted by Crippen LogP contribution is -2.52. The minimum Gasteiger partial charge on any atom is -0.396 e. The highest BCUT2D eigenvalue weighted by Gasteiger charge is 2.55. The standard InChI is InChI=1S/C13H14N2O5/c1-8-6-10(20-14-8)7-9-4-3-5-15(2)13(9)18-11(16)12(17)19-13/h6-7H,3-5H2,1-2H3/b9-7+. The predicted molar refractivity (Wildman–Crippen MR) is 66.0 cm³/mol. The van der Waals surface area contributed by atoms with Gasteiger partial charge in [-0.3, -0.25) is 0 Å². The number of rotatable bonds is 1. The first-order valence-electron chi connectivity index (χ1n) is 6.33. The van der Waals surface area contributed by atoms with E-state index in [2.05, 4.69) is 5.16 Å². The van der Waals surface area contributed by atoms with E-state index in [0.717, 1.165) is 12.1 Å². The first kappa shape index (κ1) is 12.9. The van der Waals surface area contributed by atoms with E-state index >= 15 is 0 Å². The van der Waals surface area contributed by atoms with Crippen LogP contribution in [0, 0.1) is 6.92 Å². The number of ether oxygens (including phenoxy) is 2. The van der Waals surface area contributed by atoms with E-state index in [-0.39, 0.29) is 0 Å². The molecule has 0 bridgehead atoms. The van der Waals surface area contributed by atoms with Crippen LogP contribution >= 0.6 is 0 Å². The molecule has 7 heteroatoms. The monoisotopic (exact) mass is 278 g/mol. The van der Waals surface area contributed by atoms with Gasteiger partial charge in [0.25, 0.3) is 0 Å². The fourth-order valence-corrected chi connectivity index (χ4v) is 2.49. The summed E-state index contributed by atoms with van der Waals surface area (Å²) in [6, 6.07) is 1.76. The number of aromatic nitrogens is 1. The van der Waals surface area contributed by atoms with Gasteiger partial charge in [0.2, 0.25) is 0 Å². The molecule has 3 rings (SSSR count). The SMILES string of the molecule is Cc1cc(/C=C2\CCCN(C)C23OC(=O)C(=O)O3)on1. The van der Waals surface area contributed by atoms with E-state index in [1.807, 2.05) is 6.92 Å². The molecule has 0 radical (unpaired) electrons. The molecule has 0 amide bonds. The topological polar surface area (TPSA) is 81.9 Å². The summed E-state index contributed by atoms with van der Waals surface area (Å²) in [5, 5.41) is 3.80. The van der Waals surface area contributed by atoms with Gasteiger partial charge in [-0.1, -0.05) is 5.16 Å². The minimum absolute atomic E-state index is 0.533. The molecular weight excluding hydrogens is 264 g/mol. The molecule has 0 saturated carbocycles. The second-order valence-electron chi connectivity index (χ2n) is 4.93. The molecule has 20 heavy (non-hydrogen) atoms. The van der Waals surface area contributed by atoms with E-state index < -0.39 is 17.8 Å². The lowest BCUT2D eigenvalue weighted by Gasteiger charge is -2.39. The quantitative estimate of drug-likeness (QED) is 0.556. The highest BCUT2D eigenvalue weighted by atomic mass is 16.8. The molecule has 106 valence electrons. The molecule has 1 aromatic rings. The van der Waals surface area contributed by atoms with E-state index in [4.69, 9.17) is 14.0 Å². The predicted octanol–water partition coefficient (Wildman–Crippen LogP) is 0.846. The summed E-state index contributed by atoms with van der Waals surface area (Å²) in [6.45, 7) is 2.47. The molecule has 2 saturated heterocycles. The number of piperidine rings is 1. The van der Waals surface area contributed by atoms with Crippen LogP contribution in [-0.4, -0.2) is 41.5 Å². The van der Waals surface area contributed by atoms with E-state index in [0.29, 0.717) is 24.3 Å².